The summed E-state index contributed by atoms with van der Waals surface area (Å²) in [5, 5.41) is 0.340. The molecular weight excluding hydrogens is 333 g/mol. The molecule has 2 N–H and O–H groups in total. The van der Waals surface area contributed by atoms with Crippen LogP contribution in [0.25, 0.3) is 16.7 Å². The lowest BCUT2D eigenvalue weighted by atomic mass is 10.2. The Labute approximate surface area is 121 Å². The van der Waals surface area contributed by atoms with Crippen LogP contribution in [0, 0.1) is 5.82 Å². The fourth-order valence-electron chi connectivity index (χ4n) is 1.99. The van der Waals surface area contributed by atoms with E-state index >= 15 is 0 Å². The first-order chi connectivity index (χ1) is 9.06. The topological polar surface area (TPSA) is 43.8 Å². The van der Waals surface area contributed by atoms with E-state index in [0.29, 0.717) is 16.2 Å². The van der Waals surface area contributed by atoms with Crippen molar-refractivity contribution in [1.82, 2.24) is 9.55 Å². The number of nitrogens with zero attached hydrogens (tertiary/aromatic N) is 2. The molecule has 19 heavy (non-hydrogen) atoms. The highest BCUT2D eigenvalue weighted by atomic mass is 79.9. The van der Waals surface area contributed by atoms with Gasteiger partial charge in [0.1, 0.15) is 5.82 Å². The Morgan fingerprint density at radius 1 is 1.21 bits per heavy atom. The van der Waals surface area contributed by atoms with Crippen LogP contribution in [0.15, 0.2) is 40.9 Å². The first kappa shape index (κ1) is 12.4. The predicted octanol–water partition coefficient (Wildman–Crippen LogP) is 4.16. The Morgan fingerprint density at radius 3 is 2.74 bits per heavy atom. The lowest BCUT2D eigenvalue weighted by molar-refractivity contribution is 0.620. The molecule has 0 aliphatic rings. The maximum absolute atomic E-state index is 14.0. The van der Waals surface area contributed by atoms with Gasteiger partial charge in [-0.05, 0) is 36.4 Å². The second-order valence-corrected chi connectivity index (χ2v) is 5.39. The Bertz CT molecular complexity index is 785. The number of hydrogen-bond acceptors (Lipinski definition) is 2. The standard InChI is InChI=1S/C13H8BrClFN3/c14-7-1-3-12-10(5-7)18-13(17)19(12)11-4-2-8(15)6-9(11)16/h1-6H,(H2,17,18). The molecule has 0 atom stereocenters. The van der Waals surface area contributed by atoms with Crippen LogP contribution in [0.2, 0.25) is 5.02 Å². The first-order valence-electron chi connectivity index (χ1n) is 5.45. The normalized spacial score (nSPS) is 11.1. The second-order valence-electron chi connectivity index (χ2n) is 4.03. The van der Waals surface area contributed by atoms with Gasteiger partial charge >= 0.3 is 0 Å². The van der Waals surface area contributed by atoms with Crippen LogP contribution in [0.1, 0.15) is 0 Å². The van der Waals surface area contributed by atoms with Crippen molar-refractivity contribution in [2.24, 2.45) is 0 Å². The van der Waals surface area contributed by atoms with E-state index in [4.69, 9.17) is 17.3 Å². The number of nitrogens with two attached hydrogens (primary N) is 1. The predicted molar refractivity (Wildman–Crippen MR) is 78.2 cm³/mol. The Hall–Kier alpha value is -1.59. The zero-order valence-electron chi connectivity index (χ0n) is 9.57. The van der Waals surface area contributed by atoms with Crippen molar-refractivity contribution >= 4 is 44.5 Å². The van der Waals surface area contributed by atoms with Crippen molar-refractivity contribution in [3.05, 3.63) is 51.7 Å². The lowest BCUT2D eigenvalue weighted by Gasteiger charge is -2.08. The number of benzene rings is 2. The highest BCUT2D eigenvalue weighted by Gasteiger charge is 2.13. The average molecular weight is 341 g/mol. The number of aromatic nitrogens is 2. The maximum Gasteiger partial charge on any atom is 0.206 e. The van der Waals surface area contributed by atoms with Gasteiger partial charge in [0.05, 0.1) is 16.7 Å². The number of hydrogen-bond donors (Lipinski definition) is 1. The molecule has 0 fully saturated rings. The fourth-order valence-corrected chi connectivity index (χ4v) is 2.50. The fraction of sp³-hybridized carbons (Fsp3) is 0. The van der Waals surface area contributed by atoms with E-state index in [-0.39, 0.29) is 5.95 Å². The Kier molecular flexibility index (Phi) is 2.95. The van der Waals surface area contributed by atoms with Crippen LogP contribution < -0.4 is 5.73 Å². The van der Waals surface area contributed by atoms with Gasteiger partial charge in [-0.2, -0.15) is 0 Å². The van der Waals surface area contributed by atoms with E-state index < -0.39 is 5.82 Å². The summed E-state index contributed by atoms with van der Waals surface area (Å²) >= 11 is 9.12. The molecule has 0 amide bonds. The zero-order chi connectivity index (χ0) is 13.6. The van der Waals surface area contributed by atoms with Crippen LogP contribution in [0.5, 0.6) is 0 Å². The quantitative estimate of drug-likeness (QED) is 0.723. The summed E-state index contributed by atoms with van der Waals surface area (Å²) in [6, 6.07) is 9.96. The van der Waals surface area contributed by atoms with E-state index in [2.05, 4.69) is 20.9 Å². The van der Waals surface area contributed by atoms with Gasteiger partial charge in [-0.1, -0.05) is 27.5 Å². The van der Waals surface area contributed by atoms with Crippen LogP contribution in [0.4, 0.5) is 10.3 Å². The first-order valence-corrected chi connectivity index (χ1v) is 6.62. The molecule has 0 saturated heterocycles. The van der Waals surface area contributed by atoms with Gasteiger partial charge < -0.3 is 5.73 Å². The molecule has 6 heteroatoms. The molecule has 3 rings (SSSR count). The number of rotatable bonds is 1. The summed E-state index contributed by atoms with van der Waals surface area (Å²) in [7, 11) is 0. The second kappa shape index (κ2) is 4.51. The van der Waals surface area contributed by atoms with Crippen molar-refractivity contribution < 1.29 is 4.39 Å². The highest BCUT2D eigenvalue weighted by Crippen LogP contribution is 2.27. The number of fused-ring (bicyclic) bond motifs is 1. The SMILES string of the molecule is Nc1nc2cc(Br)ccc2n1-c1ccc(Cl)cc1F. The van der Waals surface area contributed by atoms with E-state index in [1.165, 1.54) is 6.07 Å². The molecule has 3 nitrogen and oxygen atoms in total. The van der Waals surface area contributed by atoms with Crippen LogP contribution >= 0.6 is 27.5 Å². The number of nitrogen functional groups attached to an aromatic ring is 1. The largest absolute Gasteiger partial charge is 0.369 e. The molecule has 0 radical (unpaired) electrons. The zero-order valence-corrected chi connectivity index (χ0v) is 11.9. The number of anilines is 1. The molecule has 0 aliphatic heterocycles. The Morgan fingerprint density at radius 2 is 2.00 bits per heavy atom. The molecule has 0 aliphatic carbocycles. The Balaban J connectivity index is 2.33. The third-order valence-corrected chi connectivity index (χ3v) is 3.52. The van der Waals surface area contributed by atoms with E-state index in [0.717, 1.165) is 9.99 Å². The monoisotopic (exact) mass is 339 g/mol. The van der Waals surface area contributed by atoms with Gasteiger partial charge in [0.2, 0.25) is 5.95 Å². The van der Waals surface area contributed by atoms with Crippen molar-refractivity contribution in [3.8, 4) is 5.69 Å². The summed E-state index contributed by atoms with van der Waals surface area (Å²) in [6.07, 6.45) is 0. The molecule has 1 heterocycles. The van der Waals surface area contributed by atoms with Gasteiger partial charge in [-0.25, -0.2) is 9.37 Å². The minimum atomic E-state index is -0.443. The molecule has 0 unspecified atom stereocenters. The third kappa shape index (κ3) is 2.09. The summed E-state index contributed by atoms with van der Waals surface area (Å²) in [5.41, 5.74) is 7.64. The molecule has 0 saturated carbocycles. The lowest BCUT2D eigenvalue weighted by Crippen LogP contribution is -2.02. The van der Waals surface area contributed by atoms with Crippen molar-refractivity contribution in [1.29, 1.82) is 0 Å². The summed E-state index contributed by atoms with van der Waals surface area (Å²) < 4.78 is 16.5. The minimum Gasteiger partial charge on any atom is -0.369 e. The highest BCUT2D eigenvalue weighted by molar-refractivity contribution is 9.10. The summed E-state index contributed by atoms with van der Waals surface area (Å²) in [5.74, 6) is -0.212. The van der Waals surface area contributed by atoms with E-state index in [1.807, 2.05) is 18.2 Å². The molecule has 0 spiro atoms. The van der Waals surface area contributed by atoms with Crippen LogP contribution in [0.3, 0.4) is 0 Å². The molecule has 2 aromatic carbocycles. The average Bonchev–Trinajstić information content (AvgIpc) is 2.65. The molecule has 1 aromatic heterocycles. The summed E-state index contributed by atoms with van der Waals surface area (Å²) in [4.78, 5) is 4.22. The van der Waals surface area contributed by atoms with Crippen molar-refractivity contribution in [2.45, 2.75) is 0 Å². The van der Waals surface area contributed by atoms with Crippen molar-refractivity contribution in [3.63, 3.8) is 0 Å². The van der Waals surface area contributed by atoms with Gasteiger partial charge in [-0.15, -0.1) is 0 Å². The molecule has 96 valence electrons. The third-order valence-electron chi connectivity index (χ3n) is 2.79. The van der Waals surface area contributed by atoms with Gasteiger partial charge in [0.15, 0.2) is 0 Å². The minimum absolute atomic E-state index is 0.231. The van der Waals surface area contributed by atoms with Gasteiger partial charge in [0.25, 0.3) is 0 Å². The molecule has 3 aromatic rings. The molecular formula is C13H8BrClFN3. The number of imidazole rings is 1. The number of halogens is 3. The van der Waals surface area contributed by atoms with Crippen molar-refractivity contribution in [2.75, 3.05) is 5.73 Å². The van der Waals surface area contributed by atoms with Gasteiger partial charge in [0, 0.05) is 9.50 Å². The van der Waals surface area contributed by atoms with Crippen LogP contribution in [-0.2, 0) is 0 Å². The smallest absolute Gasteiger partial charge is 0.206 e. The summed E-state index contributed by atoms with van der Waals surface area (Å²) in [6.45, 7) is 0. The van der Waals surface area contributed by atoms with Gasteiger partial charge in [-0.3, -0.25) is 4.57 Å². The van der Waals surface area contributed by atoms with Crippen LogP contribution in [-0.4, -0.2) is 9.55 Å². The maximum atomic E-state index is 14.0. The van der Waals surface area contributed by atoms with E-state index in [9.17, 15) is 4.39 Å². The molecule has 0 bridgehead atoms. The van der Waals surface area contributed by atoms with E-state index in [1.54, 1.807) is 16.7 Å².